The molecule has 3 aromatic rings. The van der Waals surface area contributed by atoms with E-state index < -0.39 is 17.5 Å². The van der Waals surface area contributed by atoms with Crippen LogP contribution in [0.1, 0.15) is 55.8 Å². The van der Waals surface area contributed by atoms with Crippen molar-refractivity contribution in [3.63, 3.8) is 0 Å². The van der Waals surface area contributed by atoms with Crippen LogP contribution < -0.4 is 4.74 Å². The maximum absolute atomic E-state index is 12.4. The van der Waals surface area contributed by atoms with Crippen molar-refractivity contribution in [2.24, 2.45) is 5.41 Å². The maximum Gasteiger partial charge on any atom is 0.309 e. The number of piperidine rings is 1. The number of aliphatic carboxylic acids is 1. The molecule has 4 rings (SSSR count). The number of ether oxygens (including phenoxy) is 1. The molecular formula is C28H34ClN3O4. The van der Waals surface area contributed by atoms with E-state index in [1.165, 1.54) is 11.8 Å². The molecule has 0 amide bonds. The quantitative estimate of drug-likeness (QED) is 0.337. The van der Waals surface area contributed by atoms with E-state index >= 15 is 0 Å². The monoisotopic (exact) mass is 511 g/mol. The number of fused-ring (bicyclic) bond motifs is 1. The number of aliphatic hydroxyl groups excluding tert-OH is 1. The molecule has 2 aromatic heterocycles. The third kappa shape index (κ3) is 6.14. The Hall–Kier alpha value is -2.74. The Morgan fingerprint density at radius 2 is 2.03 bits per heavy atom. The van der Waals surface area contributed by atoms with Gasteiger partial charge in [-0.2, -0.15) is 0 Å². The molecule has 1 aliphatic rings. The number of nitrogens with zero attached hydrogens (tertiary/aromatic N) is 3. The molecule has 7 nitrogen and oxygen atoms in total. The van der Waals surface area contributed by atoms with E-state index in [1.807, 2.05) is 30.5 Å². The first-order valence-electron chi connectivity index (χ1n) is 12.6. The zero-order chi connectivity index (χ0) is 25.5. The first-order chi connectivity index (χ1) is 17.4. The summed E-state index contributed by atoms with van der Waals surface area (Å²) in [6, 6.07) is 9.51. The third-order valence-corrected chi connectivity index (χ3v) is 7.78. The Balaban J connectivity index is 1.34. The van der Waals surface area contributed by atoms with Gasteiger partial charge in [0.15, 0.2) is 0 Å². The van der Waals surface area contributed by atoms with Crippen LogP contribution in [-0.2, 0) is 11.2 Å². The lowest BCUT2D eigenvalue weighted by Crippen LogP contribution is -2.44. The van der Waals surface area contributed by atoms with Gasteiger partial charge >= 0.3 is 5.97 Å². The standard InChI is InChI=1S/C28H34ClN3O4/c1-36-21-7-8-24-22(17-21)26(23(29)19-31-24)25(33)9-10-28(27(34)35)11-15-32(16-12-28)14-3-2-5-20-6-4-13-30-18-20/h4,6-8,13,17-19,25,33H,2-3,5,9-12,14-16H2,1H3,(H,34,35)/t25-/m0/s1. The van der Waals surface area contributed by atoms with Gasteiger partial charge in [0, 0.05) is 29.5 Å². The zero-order valence-electron chi connectivity index (χ0n) is 20.7. The number of hydrogen-bond acceptors (Lipinski definition) is 6. The minimum atomic E-state index is -0.892. The number of likely N-dealkylation sites (tertiary alicyclic amines) is 1. The summed E-state index contributed by atoms with van der Waals surface area (Å²) in [5.74, 6) is -0.131. The van der Waals surface area contributed by atoms with Crippen molar-refractivity contribution in [1.29, 1.82) is 0 Å². The van der Waals surface area contributed by atoms with Crippen molar-refractivity contribution in [2.75, 3.05) is 26.7 Å². The van der Waals surface area contributed by atoms with Crippen LogP contribution in [0, 0.1) is 5.41 Å². The van der Waals surface area contributed by atoms with Gasteiger partial charge in [0.1, 0.15) is 5.75 Å². The van der Waals surface area contributed by atoms with Crippen LogP contribution in [0.4, 0.5) is 0 Å². The summed E-state index contributed by atoms with van der Waals surface area (Å²) in [6.07, 6.45) is 9.38. The predicted molar refractivity (Wildman–Crippen MR) is 140 cm³/mol. The highest BCUT2D eigenvalue weighted by molar-refractivity contribution is 6.32. The maximum atomic E-state index is 12.4. The Morgan fingerprint density at radius 1 is 1.22 bits per heavy atom. The summed E-state index contributed by atoms with van der Waals surface area (Å²) in [5.41, 5.74) is 1.70. The molecule has 0 spiro atoms. The van der Waals surface area contributed by atoms with Crippen LogP contribution in [0.5, 0.6) is 5.75 Å². The molecule has 0 aliphatic carbocycles. The molecule has 0 radical (unpaired) electrons. The first-order valence-corrected chi connectivity index (χ1v) is 12.9. The van der Waals surface area contributed by atoms with Crippen molar-refractivity contribution in [3.8, 4) is 5.75 Å². The van der Waals surface area contributed by atoms with E-state index in [0.717, 1.165) is 44.3 Å². The fourth-order valence-corrected chi connectivity index (χ4v) is 5.45. The smallest absolute Gasteiger partial charge is 0.309 e. The number of aliphatic hydroxyl groups is 1. The minimum Gasteiger partial charge on any atom is -0.497 e. The predicted octanol–water partition coefficient (Wildman–Crippen LogP) is 5.30. The van der Waals surface area contributed by atoms with Gasteiger partial charge in [-0.25, -0.2) is 0 Å². The summed E-state index contributed by atoms with van der Waals surface area (Å²) in [4.78, 5) is 23.2. The highest BCUT2D eigenvalue weighted by atomic mass is 35.5. The van der Waals surface area contributed by atoms with Gasteiger partial charge in [-0.1, -0.05) is 17.7 Å². The summed E-state index contributed by atoms with van der Waals surface area (Å²) < 4.78 is 5.33. The van der Waals surface area contributed by atoms with Gasteiger partial charge in [0.25, 0.3) is 0 Å². The Bertz CT molecular complexity index is 1170. The normalized spacial score (nSPS) is 16.6. The Labute approximate surface area is 217 Å². The van der Waals surface area contributed by atoms with Crippen molar-refractivity contribution < 1.29 is 19.7 Å². The molecule has 0 bridgehead atoms. The molecular weight excluding hydrogens is 478 g/mol. The van der Waals surface area contributed by atoms with Crippen molar-refractivity contribution >= 4 is 28.5 Å². The minimum absolute atomic E-state index is 0.313. The second-order valence-corrected chi connectivity index (χ2v) is 10.1. The second-order valence-electron chi connectivity index (χ2n) is 9.70. The molecule has 8 heteroatoms. The zero-order valence-corrected chi connectivity index (χ0v) is 21.5. The lowest BCUT2D eigenvalue weighted by atomic mass is 9.74. The van der Waals surface area contributed by atoms with E-state index in [-0.39, 0.29) is 0 Å². The third-order valence-electron chi connectivity index (χ3n) is 7.48. The number of halogens is 1. The largest absolute Gasteiger partial charge is 0.497 e. The Morgan fingerprint density at radius 3 is 2.72 bits per heavy atom. The number of unbranched alkanes of at least 4 members (excludes halogenated alkanes) is 1. The summed E-state index contributed by atoms with van der Waals surface area (Å²) in [6.45, 7) is 2.48. The van der Waals surface area contributed by atoms with Crippen LogP contribution in [-0.4, -0.2) is 57.8 Å². The summed E-state index contributed by atoms with van der Waals surface area (Å²) >= 11 is 6.44. The van der Waals surface area contributed by atoms with Crippen LogP contribution in [0.2, 0.25) is 5.02 Å². The average Bonchev–Trinajstić information content (AvgIpc) is 2.90. The fraction of sp³-hybridized carbons (Fsp3) is 0.464. The van der Waals surface area contributed by atoms with Gasteiger partial charge < -0.3 is 19.8 Å². The number of rotatable bonds is 11. The number of carboxylic acid groups (broad SMARTS) is 1. The molecule has 1 atom stereocenters. The number of carboxylic acids is 1. The highest BCUT2D eigenvalue weighted by Crippen LogP contribution is 2.41. The van der Waals surface area contributed by atoms with Crippen LogP contribution in [0.25, 0.3) is 10.9 Å². The second kappa shape index (κ2) is 12.0. The molecule has 192 valence electrons. The number of pyridine rings is 2. The first kappa shape index (κ1) is 26.3. The number of carbonyl (C=O) groups is 1. The Kier molecular flexibility index (Phi) is 8.77. The number of hydrogen-bond donors (Lipinski definition) is 2. The van der Waals surface area contributed by atoms with Gasteiger partial charge in [-0.05, 0) is 94.4 Å². The van der Waals surface area contributed by atoms with E-state index in [9.17, 15) is 15.0 Å². The van der Waals surface area contributed by atoms with E-state index in [0.29, 0.717) is 47.5 Å². The highest BCUT2D eigenvalue weighted by Gasteiger charge is 2.41. The lowest BCUT2D eigenvalue weighted by molar-refractivity contribution is -0.153. The summed E-state index contributed by atoms with van der Waals surface area (Å²) in [7, 11) is 1.58. The molecule has 2 N–H and O–H groups in total. The SMILES string of the molecule is COc1ccc2ncc(Cl)c([C@@H](O)CCC3(C(=O)O)CCN(CCCCc4cccnc4)CC3)c2c1. The number of aryl methyl sites for hydroxylation is 1. The molecule has 1 aromatic carbocycles. The van der Waals surface area contributed by atoms with Gasteiger partial charge in [0.05, 0.1) is 29.2 Å². The van der Waals surface area contributed by atoms with Crippen molar-refractivity contribution in [3.05, 3.63) is 65.1 Å². The number of methoxy groups -OCH3 is 1. The van der Waals surface area contributed by atoms with Crippen molar-refractivity contribution in [1.82, 2.24) is 14.9 Å². The summed E-state index contributed by atoms with van der Waals surface area (Å²) in [5, 5.41) is 22.3. The lowest BCUT2D eigenvalue weighted by Gasteiger charge is -2.39. The number of benzene rings is 1. The average molecular weight is 512 g/mol. The molecule has 0 saturated carbocycles. The van der Waals surface area contributed by atoms with Gasteiger partial charge in [0.2, 0.25) is 0 Å². The molecule has 0 unspecified atom stereocenters. The molecule has 1 saturated heterocycles. The molecule has 3 heterocycles. The van der Waals surface area contributed by atoms with Crippen LogP contribution >= 0.6 is 11.6 Å². The van der Waals surface area contributed by atoms with Crippen LogP contribution in [0.3, 0.4) is 0 Å². The molecule has 1 aliphatic heterocycles. The molecule has 1 fully saturated rings. The number of aromatic nitrogens is 2. The van der Waals surface area contributed by atoms with Crippen LogP contribution in [0.15, 0.2) is 48.9 Å². The van der Waals surface area contributed by atoms with Gasteiger partial charge in [-0.15, -0.1) is 0 Å². The van der Waals surface area contributed by atoms with Crippen molar-refractivity contribution in [2.45, 2.75) is 51.0 Å². The van der Waals surface area contributed by atoms with E-state index in [2.05, 4.69) is 20.9 Å². The molecule has 36 heavy (non-hydrogen) atoms. The van der Waals surface area contributed by atoms with E-state index in [4.69, 9.17) is 16.3 Å². The fourth-order valence-electron chi connectivity index (χ4n) is 5.18. The topological polar surface area (TPSA) is 95.8 Å². The van der Waals surface area contributed by atoms with Gasteiger partial charge in [-0.3, -0.25) is 14.8 Å². The van der Waals surface area contributed by atoms with E-state index in [1.54, 1.807) is 13.3 Å².